The zero-order valence-electron chi connectivity index (χ0n) is 12.4. The highest BCUT2D eigenvalue weighted by atomic mass is 16.5. The summed E-state index contributed by atoms with van der Waals surface area (Å²) in [6.07, 6.45) is 7.55. The minimum Gasteiger partial charge on any atom is -0.474 e. The van der Waals surface area contributed by atoms with Crippen molar-refractivity contribution >= 4 is 11.9 Å². The number of carbonyl (C=O) groups excluding carboxylic acids is 2. The summed E-state index contributed by atoms with van der Waals surface area (Å²) in [6.45, 7) is 13.9. The molecular formula is C16H24O5. The second kappa shape index (κ2) is 17.7. The molecular weight excluding hydrogens is 272 g/mol. The van der Waals surface area contributed by atoms with Crippen LogP contribution in [0.1, 0.15) is 25.7 Å². The molecule has 0 heterocycles. The molecule has 118 valence electrons. The van der Waals surface area contributed by atoms with Crippen LogP contribution in [0, 0.1) is 0 Å². The lowest BCUT2D eigenvalue weighted by molar-refractivity contribution is -0.144. The first-order valence-electron chi connectivity index (χ1n) is 6.52. The standard InChI is InChI=1S/C12H18O4.C4H6O/c1-3-9-15-11(13)7-5-6-8-12(14)16-10-4-2;1-3-5-4-2/h3-4H,1-2,5-10H2;3-4H,1-2H2. The predicted molar refractivity (Wildman–Crippen MR) is 82.3 cm³/mol. The van der Waals surface area contributed by atoms with Crippen LogP contribution in [-0.4, -0.2) is 25.2 Å². The van der Waals surface area contributed by atoms with Gasteiger partial charge in [0.2, 0.25) is 0 Å². The zero-order valence-corrected chi connectivity index (χ0v) is 12.4. The predicted octanol–water partition coefficient (Wildman–Crippen LogP) is 3.30. The fraction of sp³-hybridized carbons (Fsp3) is 0.375. The van der Waals surface area contributed by atoms with E-state index in [0.717, 1.165) is 0 Å². The van der Waals surface area contributed by atoms with E-state index >= 15 is 0 Å². The highest BCUT2D eigenvalue weighted by molar-refractivity contribution is 5.70. The lowest BCUT2D eigenvalue weighted by Gasteiger charge is -2.02. The van der Waals surface area contributed by atoms with Crippen molar-refractivity contribution in [2.24, 2.45) is 0 Å². The van der Waals surface area contributed by atoms with Crippen LogP contribution >= 0.6 is 0 Å². The molecule has 0 aliphatic rings. The van der Waals surface area contributed by atoms with Gasteiger partial charge in [0, 0.05) is 12.8 Å². The van der Waals surface area contributed by atoms with Crippen LogP contribution in [-0.2, 0) is 23.8 Å². The van der Waals surface area contributed by atoms with Crippen molar-refractivity contribution < 1.29 is 23.8 Å². The van der Waals surface area contributed by atoms with Gasteiger partial charge in [0.25, 0.3) is 0 Å². The van der Waals surface area contributed by atoms with Crippen LogP contribution in [0.5, 0.6) is 0 Å². The van der Waals surface area contributed by atoms with Crippen molar-refractivity contribution in [3.63, 3.8) is 0 Å². The molecule has 21 heavy (non-hydrogen) atoms. The van der Waals surface area contributed by atoms with E-state index < -0.39 is 0 Å². The summed E-state index contributed by atoms with van der Waals surface area (Å²) in [5.74, 6) is -0.529. The summed E-state index contributed by atoms with van der Waals surface area (Å²) in [4.78, 5) is 22.0. The Morgan fingerprint density at radius 3 is 1.38 bits per heavy atom. The Kier molecular flexibility index (Phi) is 17.7. The molecule has 0 radical (unpaired) electrons. The van der Waals surface area contributed by atoms with E-state index in [1.807, 2.05) is 0 Å². The second-order valence-corrected chi connectivity index (χ2v) is 3.62. The highest BCUT2D eigenvalue weighted by Crippen LogP contribution is 2.02. The maximum absolute atomic E-state index is 11.0. The molecule has 0 rings (SSSR count). The van der Waals surface area contributed by atoms with Crippen LogP contribution in [0.4, 0.5) is 0 Å². The van der Waals surface area contributed by atoms with Gasteiger partial charge in [-0.05, 0) is 12.8 Å². The van der Waals surface area contributed by atoms with E-state index in [1.165, 1.54) is 24.7 Å². The van der Waals surface area contributed by atoms with Crippen molar-refractivity contribution in [3.05, 3.63) is 51.0 Å². The summed E-state index contributed by atoms with van der Waals surface area (Å²) in [5, 5.41) is 0. The smallest absolute Gasteiger partial charge is 0.306 e. The van der Waals surface area contributed by atoms with E-state index in [2.05, 4.69) is 31.1 Å². The van der Waals surface area contributed by atoms with Gasteiger partial charge < -0.3 is 14.2 Å². The quantitative estimate of drug-likeness (QED) is 0.253. The highest BCUT2D eigenvalue weighted by Gasteiger charge is 2.04. The summed E-state index contributed by atoms with van der Waals surface area (Å²) in [5.41, 5.74) is 0. The molecule has 0 N–H and O–H groups in total. The molecule has 0 aromatic heterocycles. The maximum Gasteiger partial charge on any atom is 0.306 e. The second-order valence-electron chi connectivity index (χ2n) is 3.62. The van der Waals surface area contributed by atoms with E-state index in [0.29, 0.717) is 25.7 Å². The monoisotopic (exact) mass is 296 g/mol. The lowest BCUT2D eigenvalue weighted by Crippen LogP contribution is -2.06. The minimum absolute atomic E-state index is 0.236. The van der Waals surface area contributed by atoms with E-state index in [-0.39, 0.29) is 25.2 Å². The number of carbonyl (C=O) groups is 2. The van der Waals surface area contributed by atoms with Gasteiger partial charge in [-0.3, -0.25) is 9.59 Å². The van der Waals surface area contributed by atoms with Gasteiger partial charge in [0.15, 0.2) is 0 Å². The molecule has 0 unspecified atom stereocenters. The fourth-order valence-corrected chi connectivity index (χ4v) is 1.05. The molecule has 0 spiro atoms. The van der Waals surface area contributed by atoms with E-state index in [4.69, 9.17) is 9.47 Å². The van der Waals surface area contributed by atoms with Crippen molar-refractivity contribution in [1.82, 2.24) is 0 Å². The minimum atomic E-state index is -0.264. The molecule has 0 bridgehead atoms. The van der Waals surface area contributed by atoms with E-state index in [1.54, 1.807) is 0 Å². The molecule has 0 saturated heterocycles. The van der Waals surface area contributed by atoms with Crippen molar-refractivity contribution in [3.8, 4) is 0 Å². The molecule has 0 aliphatic heterocycles. The average molecular weight is 296 g/mol. The fourth-order valence-electron chi connectivity index (χ4n) is 1.05. The van der Waals surface area contributed by atoms with Gasteiger partial charge in [0.05, 0.1) is 12.5 Å². The maximum atomic E-state index is 11.0. The first-order valence-corrected chi connectivity index (χ1v) is 6.52. The summed E-state index contributed by atoms with van der Waals surface area (Å²) < 4.78 is 13.9. The third-order valence-corrected chi connectivity index (χ3v) is 1.93. The lowest BCUT2D eigenvalue weighted by atomic mass is 10.2. The van der Waals surface area contributed by atoms with Crippen LogP contribution in [0.3, 0.4) is 0 Å². The molecule has 0 aliphatic carbocycles. The van der Waals surface area contributed by atoms with Gasteiger partial charge in [0.1, 0.15) is 13.2 Å². The normalized spacial score (nSPS) is 8.38. The summed E-state index contributed by atoms with van der Waals surface area (Å²) in [7, 11) is 0. The van der Waals surface area contributed by atoms with Gasteiger partial charge in [-0.2, -0.15) is 0 Å². The van der Waals surface area contributed by atoms with Gasteiger partial charge in [-0.25, -0.2) is 0 Å². The number of rotatable bonds is 11. The van der Waals surface area contributed by atoms with Gasteiger partial charge >= 0.3 is 11.9 Å². The molecule has 5 heteroatoms. The van der Waals surface area contributed by atoms with Crippen LogP contribution in [0.15, 0.2) is 51.0 Å². The van der Waals surface area contributed by atoms with Crippen molar-refractivity contribution in [2.75, 3.05) is 13.2 Å². The average Bonchev–Trinajstić information content (AvgIpc) is 2.49. The van der Waals surface area contributed by atoms with Gasteiger partial charge in [-0.15, -0.1) is 0 Å². The Balaban J connectivity index is 0. The Morgan fingerprint density at radius 1 is 0.762 bits per heavy atom. The number of unbranched alkanes of at least 4 members (excludes halogenated alkanes) is 1. The molecule has 0 aromatic carbocycles. The van der Waals surface area contributed by atoms with Crippen LogP contribution in [0.2, 0.25) is 0 Å². The molecule has 0 amide bonds. The Labute approximate surface area is 126 Å². The number of esters is 2. The summed E-state index contributed by atoms with van der Waals surface area (Å²) >= 11 is 0. The number of ether oxygens (including phenoxy) is 3. The number of hydrogen-bond acceptors (Lipinski definition) is 5. The third kappa shape index (κ3) is 20.2. The van der Waals surface area contributed by atoms with Crippen LogP contribution < -0.4 is 0 Å². The molecule has 0 atom stereocenters. The largest absolute Gasteiger partial charge is 0.474 e. The SMILES string of the molecule is C=CCOC(=O)CCCCC(=O)OCC=C.C=COC=C. The third-order valence-electron chi connectivity index (χ3n) is 1.93. The first-order chi connectivity index (χ1) is 10.1. The Hall–Kier alpha value is -2.30. The van der Waals surface area contributed by atoms with Crippen LogP contribution in [0.25, 0.3) is 0 Å². The summed E-state index contributed by atoms with van der Waals surface area (Å²) in [6, 6.07) is 0. The molecule has 0 saturated carbocycles. The zero-order chi connectivity index (χ0) is 16.3. The van der Waals surface area contributed by atoms with Gasteiger partial charge in [-0.1, -0.05) is 38.5 Å². The van der Waals surface area contributed by atoms with Crippen molar-refractivity contribution in [2.45, 2.75) is 25.7 Å². The Bertz CT molecular complexity index is 302. The topological polar surface area (TPSA) is 61.8 Å². The first kappa shape index (κ1) is 21.0. The molecule has 0 aromatic rings. The van der Waals surface area contributed by atoms with E-state index in [9.17, 15) is 9.59 Å². The van der Waals surface area contributed by atoms with Crippen molar-refractivity contribution in [1.29, 1.82) is 0 Å². The number of hydrogen-bond donors (Lipinski definition) is 0. The Morgan fingerprint density at radius 2 is 1.14 bits per heavy atom. The molecule has 5 nitrogen and oxygen atoms in total. The molecule has 0 fully saturated rings.